The van der Waals surface area contributed by atoms with Gasteiger partial charge < -0.3 is 9.88 Å². The normalized spacial score (nSPS) is 19.6. The molecule has 0 saturated carbocycles. The Balaban J connectivity index is 1.83. The number of likely N-dealkylation sites (N-methyl/N-ethyl adjacent to an activating group) is 1. The highest BCUT2D eigenvalue weighted by molar-refractivity contribution is 14.1. The first-order valence-corrected chi connectivity index (χ1v) is 11.1. The maximum absolute atomic E-state index is 12.7. The molecule has 0 amide bonds. The van der Waals surface area contributed by atoms with Crippen LogP contribution in [0.25, 0.3) is 10.9 Å². The quantitative estimate of drug-likeness (QED) is 0.409. The third kappa shape index (κ3) is 3.95. The third-order valence-corrected chi connectivity index (χ3v) is 8.02. The molecule has 1 saturated heterocycles. The van der Waals surface area contributed by atoms with Crippen LogP contribution in [0.2, 0.25) is 0 Å². The second-order valence-corrected chi connectivity index (χ2v) is 10.1. The number of halogens is 1. The summed E-state index contributed by atoms with van der Waals surface area (Å²) in [6.45, 7) is 1.62. The summed E-state index contributed by atoms with van der Waals surface area (Å²) in [5.41, 5.74) is 3.17. The van der Waals surface area contributed by atoms with Crippen molar-refractivity contribution < 1.29 is 8.42 Å². The molecule has 1 aromatic carbocycles. The number of nitrogens with zero attached hydrogens (tertiary/aromatic N) is 2. The Morgan fingerprint density at radius 3 is 2.83 bits per heavy atom. The second kappa shape index (κ2) is 7.31. The molecule has 1 aromatic heterocycles. The first kappa shape index (κ1) is 18.2. The Kier molecular flexibility index (Phi) is 5.53. The van der Waals surface area contributed by atoms with E-state index in [-0.39, 0.29) is 9.80 Å². The molecular formula is C17H24IN3O2S. The monoisotopic (exact) mass is 461 g/mol. The average Bonchev–Trinajstić information content (AvgIpc) is 3.11. The van der Waals surface area contributed by atoms with E-state index in [4.69, 9.17) is 0 Å². The van der Waals surface area contributed by atoms with Crippen molar-refractivity contribution in [3.63, 3.8) is 0 Å². The van der Waals surface area contributed by atoms with Gasteiger partial charge >= 0.3 is 0 Å². The molecule has 1 fully saturated rings. The fourth-order valence-corrected chi connectivity index (χ4v) is 6.56. The van der Waals surface area contributed by atoms with E-state index in [1.165, 1.54) is 5.56 Å². The Labute approximate surface area is 157 Å². The van der Waals surface area contributed by atoms with Crippen LogP contribution in [0.4, 0.5) is 0 Å². The standard InChI is InChI=1S/C17H24IN3O2S/c1-20(2)9-7-14-11-19-16-6-5-13(10-15(14)16)12-24(22,23)21-8-3-4-17(21)18/h5-6,10-11,17,19H,3-4,7-9,12H2,1-2H3. The summed E-state index contributed by atoms with van der Waals surface area (Å²) in [7, 11) is 0.873. The van der Waals surface area contributed by atoms with Gasteiger partial charge in [-0.05, 0) is 56.6 Å². The van der Waals surface area contributed by atoms with Crippen LogP contribution >= 0.6 is 22.6 Å². The van der Waals surface area contributed by atoms with Gasteiger partial charge in [-0.15, -0.1) is 0 Å². The minimum absolute atomic E-state index is 0.0841. The summed E-state index contributed by atoms with van der Waals surface area (Å²) < 4.78 is 27.1. The number of aromatic amines is 1. The SMILES string of the molecule is CN(C)CCc1c[nH]c2ccc(CS(=O)(=O)N3CCCC3I)cc12. The zero-order valence-electron chi connectivity index (χ0n) is 14.1. The van der Waals surface area contributed by atoms with Crippen LogP contribution < -0.4 is 0 Å². The molecule has 5 nitrogen and oxygen atoms in total. The molecule has 1 unspecified atom stereocenters. The summed E-state index contributed by atoms with van der Waals surface area (Å²) in [5.74, 6) is 0.0841. The van der Waals surface area contributed by atoms with Crippen LogP contribution in [0.15, 0.2) is 24.4 Å². The summed E-state index contributed by atoms with van der Waals surface area (Å²) >= 11 is 2.23. The van der Waals surface area contributed by atoms with Crippen LogP contribution in [-0.4, -0.2) is 53.8 Å². The van der Waals surface area contributed by atoms with Gasteiger partial charge in [-0.1, -0.05) is 28.7 Å². The van der Waals surface area contributed by atoms with E-state index in [2.05, 4.69) is 46.6 Å². The van der Waals surface area contributed by atoms with Crippen molar-refractivity contribution in [3.05, 3.63) is 35.5 Å². The number of rotatable bonds is 6. The predicted octanol–water partition coefficient (Wildman–Crippen LogP) is 2.96. The van der Waals surface area contributed by atoms with E-state index in [0.29, 0.717) is 6.54 Å². The fourth-order valence-electron chi connectivity index (χ4n) is 3.17. The Morgan fingerprint density at radius 1 is 1.38 bits per heavy atom. The lowest BCUT2D eigenvalue weighted by Gasteiger charge is -2.19. The van der Waals surface area contributed by atoms with Crippen molar-refractivity contribution in [3.8, 4) is 0 Å². The van der Waals surface area contributed by atoms with E-state index in [1.54, 1.807) is 4.31 Å². The molecule has 0 bridgehead atoms. The predicted molar refractivity (Wildman–Crippen MR) is 107 cm³/mol. The number of aromatic nitrogens is 1. The number of H-pyrrole nitrogens is 1. The van der Waals surface area contributed by atoms with Gasteiger partial charge in [-0.2, -0.15) is 4.31 Å². The Hall–Kier alpha value is -0.640. The van der Waals surface area contributed by atoms with Gasteiger partial charge in [0.25, 0.3) is 0 Å². The van der Waals surface area contributed by atoms with Crippen molar-refractivity contribution in [1.82, 2.24) is 14.2 Å². The molecule has 3 rings (SSSR count). The molecule has 2 heterocycles. The van der Waals surface area contributed by atoms with Crippen molar-refractivity contribution >= 4 is 43.5 Å². The highest BCUT2D eigenvalue weighted by atomic mass is 127. The first-order valence-electron chi connectivity index (χ1n) is 8.24. The van der Waals surface area contributed by atoms with Gasteiger partial charge in [0.1, 0.15) is 0 Å². The van der Waals surface area contributed by atoms with Gasteiger partial charge in [-0.3, -0.25) is 0 Å². The average molecular weight is 461 g/mol. The molecule has 1 aliphatic heterocycles. The van der Waals surface area contributed by atoms with Crippen molar-refractivity contribution in [2.75, 3.05) is 27.2 Å². The topological polar surface area (TPSA) is 56.4 Å². The molecule has 1 aliphatic rings. The number of fused-ring (bicyclic) bond motifs is 1. The van der Waals surface area contributed by atoms with Gasteiger partial charge in [0.15, 0.2) is 0 Å². The lowest BCUT2D eigenvalue weighted by Crippen LogP contribution is -2.33. The van der Waals surface area contributed by atoms with Crippen LogP contribution in [-0.2, 0) is 22.2 Å². The molecule has 1 N–H and O–H groups in total. The van der Waals surface area contributed by atoms with Crippen LogP contribution in [0.3, 0.4) is 0 Å². The summed E-state index contributed by atoms with van der Waals surface area (Å²) in [5, 5.41) is 1.14. The zero-order chi connectivity index (χ0) is 17.3. The van der Waals surface area contributed by atoms with E-state index < -0.39 is 10.0 Å². The molecule has 24 heavy (non-hydrogen) atoms. The molecule has 2 aromatic rings. The third-order valence-electron chi connectivity index (χ3n) is 4.50. The van der Waals surface area contributed by atoms with Crippen LogP contribution in [0.5, 0.6) is 0 Å². The van der Waals surface area contributed by atoms with Gasteiger partial charge in [-0.25, -0.2) is 8.42 Å². The highest BCUT2D eigenvalue weighted by Crippen LogP contribution is 2.28. The van der Waals surface area contributed by atoms with E-state index in [0.717, 1.165) is 42.3 Å². The molecule has 0 spiro atoms. The molecular weight excluding hydrogens is 437 g/mol. The Bertz CT molecular complexity index is 816. The minimum atomic E-state index is -3.25. The lowest BCUT2D eigenvalue weighted by molar-refractivity contribution is 0.414. The number of hydrogen-bond donors (Lipinski definition) is 1. The summed E-state index contributed by atoms with van der Waals surface area (Å²) in [4.78, 5) is 5.44. The Morgan fingerprint density at radius 2 is 2.17 bits per heavy atom. The van der Waals surface area contributed by atoms with Gasteiger partial charge in [0, 0.05) is 30.2 Å². The molecule has 1 atom stereocenters. The largest absolute Gasteiger partial charge is 0.361 e. The lowest BCUT2D eigenvalue weighted by atomic mass is 10.1. The number of nitrogens with one attached hydrogen (secondary N) is 1. The van der Waals surface area contributed by atoms with E-state index in [9.17, 15) is 8.42 Å². The summed E-state index contributed by atoms with van der Waals surface area (Å²) in [6.07, 6.45) is 4.89. The minimum Gasteiger partial charge on any atom is -0.361 e. The smallest absolute Gasteiger partial charge is 0.219 e. The van der Waals surface area contributed by atoms with Crippen molar-refractivity contribution in [1.29, 1.82) is 0 Å². The van der Waals surface area contributed by atoms with Gasteiger partial charge in [0.2, 0.25) is 10.0 Å². The molecule has 0 radical (unpaired) electrons. The second-order valence-electron chi connectivity index (χ2n) is 6.69. The van der Waals surface area contributed by atoms with Gasteiger partial charge in [0.05, 0.1) is 9.80 Å². The highest BCUT2D eigenvalue weighted by Gasteiger charge is 2.32. The first-order chi connectivity index (χ1) is 11.4. The van der Waals surface area contributed by atoms with E-state index in [1.807, 2.05) is 24.4 Å². The maximum Gasteiger partial charge on any atom is 0.219 e. The number of hydrogen-bond acceptors (Lipinski definition) is 3. The number of benzene rings is 1. The van der Waals surface area contributed by atoms with Crippen LogP contribution in [0, 0.1) is 0 Å². The van der Waals surface area contributed by atoms with Crippen LogP contribution in [0.1, 0.15) is 24.0 Å². The zero-order valence-corrected chi connectivity index (χ0v) is 17.1. The molecule has 7 heteroatoms. The summed E-state index contributed by atoms with van der Waals surface area (Å²) in [6, 6.07) is 5.95. The molecule has 0 aliphatic carbocycles. The molecule has 132 valence electrons. The fraction of sp³-hybridized carbons (Fsp3) is 0.529. The maximum atomic E-state index is 12.7. The van der Waals surface area contributed by atoms with Crippen molar-refractivity contribution in [2.45, 2.75) is 29.1 Å². The number of alkyl halides is 1. The van der Waals surface area contributed by atoms with Crippen molar-refractivity contribution in [2.24, 2.45) is 0 Å². The van der Waals surface area contributed by atoms with E-state index >= 15 is 0 Å². The number of sulfonamides is 1.